The van der Waals surface area contributed by atoms with Crippen molar-refractivity contribution in [2.45, 2.75) is 39.7 Å². The van der Waals surface area contributed by atoms with E-state index >= 15 is 0 Å². The molecule has 1 aromatic rings. The first-order valence-electron chi connectivity index (χ1n) is 8.19. The minimum Gasteiger partial charge on any atom is -0.352 e. The molecular weight excluding hydrogens is 260 g/mol. The van der Waals surface area contributed by atoms with Crippen molar-refractivity contribution < 1.29 is 4.79 Å². The average molecular weight is 288 g/mol. The molecule has 0 unspecified atom stereocenters. The predicted octanol–water partition coefficient (Wildman–Crippen LogP) is 3.06. The van der Waals surface area contributed by atoms with E-state index < -0.39 is 0 Å². The summed E-state index contributed by atoms with van der Waals surface area (Å²) in [6.07, 6.45) is 3.25. The quantitative estimate of drug-likeness (QED) is 0.872. The van der Waals surface area contributed by atoms with Gasteiger partial charge in [0.2, 0.25) is 5.91 Å². The summed E-state index contributed by atoms with van der Waals surface area (Å²) < 4.78 is 0. The zero-order chi connectivity index (χ0) is 15.1. The molecule has 1 fully saturated rings. The van der Waals surface area contributed by atoms with Crippen LogP contribution in [0.15, 0.2) is 30.3 Å². The van der Waals surface area contributed by atoms with Gasteiger partial charge < -0.3 is 10.2 Å². The molecule has 1 N–H and O–H groups in total. The summed E-state index contributed by atoms with van der Waals surface area (Å²) in [6, 6.07) is 10.1. The van der Waals surface area contributed by atoms with Gasteiger partial charge in [0, 0.05) is 12.5 Å². The van der Waals surface area contributed by atoms with Crippen LogP contribution in [-0.4, -0.2) is 30.4 Å². The molecule has 1 aliphatic heterocycles. The highest BCUT2D eigenvalue weighted by atomic mass is 16.1. The molecule has 0 aromatic heterocycles. The van der Waals surface area contributed by atoms with Crippen molar-refractivity contribution in [1.82, 2.24) is 10.2 Å². The molecule has 1 aliphatic rings. The van der Waals surface area contributed by atoms with Crippen LogP contribution in [0.2, 0.25) is 0 Å². The third-order valence-corrected chi connectivity index (χ3v) is 4.29. The molecule has 3 heteroatoms. The molecule has 1 heterocycles. The summed E-state index contributed by atoms with van der Waals surface area (Å²) in [5, 5.41) is 3.08. The summed E-state index contributed by atoms with van der Waals surface area (Å²) >= 11 is 0. The van der Waals surface area contributed by atoms with Gasteiger partial charge in [-0.25, -0.2) is 0 Å². The highest BCUT2D eigenvalue weighted by molar-refractivity contribution is 5.78. The molecule has 0 radical (unpaired) electrons. The lowest BCUT2D eigenvalue weighted by Gasteiger charge is -2.31. The van der Waals surface area contributed by atoms with E-state index in [-0.39, 0.29) is 11.8 Å². The summed E-state index contributed by atoms with van der Waals surface area (Å²) in [4.78, 5) is 14.7. The van der Waals surface area contributed by atoms with Crippen molar-refractivity contribution in [2.24, 2.45) is 11.8 Å². The Morgan fingerprint density at radius 1 is 1.24 bits per heavy atom. The van der Waals surface area contributed by atoms with E-state index in [2.05, 4.69) is 36.2 Å². The smallest absolute Gasteiger partial charge is 0.223 e. The number of hydrogen-bond acceptors (Lipinski definition) is 2. The molecule has 2 rings (SSSR count). The van der Waals surface area contributed by atoms with E-state index in [9.17, 15) is 4.79 Å². The maximum atomic E-state index is 12.2. The molecule has 116 valence electrons. The summed E-state index contributed by atoms with van der Waals surface area (Å²) in [5.74, 6) is 1.18. The predicted molar refractivity (Wildman–Crippen MR) is 86.9 cm³/mol. The number of carbonyl (C=O) groups excluding carboxylic acids is 1. The van der Waals surface area contributed by atoms with Crippen LogP contribution in [0.3, 0.4) is 0 Å². The molecule has 0 bridgehead atoms. The third kappa shape index (κ3) is 5.50. The third-order valence-electron chi connectivity index (χ3n) is 4.29. The van der Waals surface area contributed by atoms with Gasteiger partial charge in [0.05, 0.1) is 0 Å². The number of nitrogens with one attached hydrogen (secondary N) is 1. The zero-order valence-corrected chi connectivity index (χ0v) is 13.3. The minimum atomic E-state index is 0.198. The summed E-state index contributed by atoms with van der Waals surface area (Å²) in [5.41, 5.74) is 1.17. The van der Waals surface area contributed by atoms with Gasteiger partial charge in [-0.2, -0.15) is 0 Å². The Balaban J connectivity index is 1.68. The molecule has 1 aromatic carbocycles. The second kappa shape index (κ2) is 8.18. The number of carbonyl (C=O) groups is 1. The Labute approximate surface area is 128 Å². The van der Waals surface area contributed by atoms with Crippen LogP contribution in [-0.2, 0) is 11.3 Å². The van der Waals surface area contributed by atoms with Crippen molar-refractivity contribution in [2.75, 3.05) is 19.6 Å². The van der Waals surface area contributed by atoms with Gasteiger partial charge in [0.15, 0.2) is 0 Å². The number of rotatable bonds is 6. The lowest BCUT2D eigenvalue weighted by atomic mass is 9.95. The lowest BCUT2D eigenvalue weighted by molar-refractivity contribution is -0.126. The van der Waals surface area contributed by atoms with Gasteiger partial charge in [-0.05, 0) is 50.4 Å². The highest BCUT2D eigenvalue weighted by Crippen LogP contribution is 2.18. The molecule has 1 amide bonds. The molecule has 0 saturated carbocycles. The molecule has 0 aliphatic carbocycles. The first kappa shape index (κ1) is 16.0. The molecular formula is C18H28N2O. The van der Waals surface area contributed by atoms with Gasteiger partial charge in [-0.15, -0.1) is 0 Å². The van der Waals surface area contributed by atoms with Gasteiger partial charge in [0.25, 0.3) is 0 Å². The van der Waals surface area contributed by atoms with Crippen LogP contribution in [0.4, 0.5) is 0 Å². The van der Waals surface area contributed by atoms with E-state index in [0.29, 0.717) is 6.54 Å². The Morgan fingerprint density at radius 3 is 2.52 bits per heavy atom. The lowest BCUT2D eigenvalue weighted by Crippen LogP contribution is -2.40. The van der Waals surface area contributed by atoms with Crippen LogP contribution in [0.5, 0.6) is 0 Å². The summed E-state index contributed by atoms with van der Waals surface area (Å²) in [7, 11) is 0. The number of piperidine rings is 1. The van der Waals surface area contributed by atoms with Gasteiger partial charge in [0.1, 0.15) is 0 Å². The molecule has 0 spiro atoms. The number of likely N-dealkylation sites (tertiary alicyclic amines) is 1. The van der Waals surface area contributed by atoms with Gasteiger partial charge in [-0.3, -0.25) is 4.79 Å². The van der Waals surface area contributed by atoms with Crippen LogP contribution in [0.25, 0.3) is 0 Å². The van der Waals surface area contributed by atoms with Crippen molar-refractivity contribution in [3.63, 3.8) is 0 Å². The monoisotopic (exact) mass is 288 g/mol. The Kier molecular flexibility index (Phi) is 6.24. The van der Waals surface area contributed by atoms with Crippen LogP contribution in [0, 0.1) is 11.8 Å². The normalized spacial score (nSPS) is 17.1. The maximum absolute atomic E-state index is 12.2. The number of nitrogens with zero attached hydrogens (tertiary/aromatic N) is 1. The molecule has 1 saturated heterocycles. The van der Waals surface area contributed by atoms with Gasteiger partial charge in [-0.1, -0.05) is 44.2 Å². The Hall–Kier alpha value is -1.35. The first-order chi connectivity index (χ1) is 10.1. The average Bonchev–Trinajstić information content (AvgIpc) is 2.52. The highest BCUT2D eigenvalue weighted by Gasteiger charge is 2.24. The minimum absolute atomic E-state index is 0.198. The second-order valence-electron chi connectivity index (χ2n) is 6.50. The largest absolute Gasteiger partial charge is 0.352 e. The van der Waals surface area contributed by atoms with Crippen molar-refractivity contribution >= 4 is 5.91 Å². The zero-order valence-electron chi connectivity index (χ0n) is 13.3. The van der Waals surface area contributed by atoms with E-state index in [0.717, 1.165) is 31.8 Å². The molecule has 0 atom stereocenters. The summed E-state index contributed by atoms with van der Waals surface area (Å²) in [6.45, 7) is 8.49. The van der Waals surface area contributed by atoms with Crippen molar-refractivity contribution in [3.05, 3.63) is 35.9 Å². The van der Waals surface area contributed by atoms with Crippen LogP contribution >= 0.6 is 0 Å². The van der Waals surface area contributed by atoms with E-state index in [1.54, 1.807) is 0 Å². The first-order valence-corrected chi connectivity index (χ1v) is 8.19. The Morgan fingerprint density at radius 2 is 1.90 bits per heavy atom. The number of benzene rings is 1. The second-order valence-corrected chi connectivity index (χ2v) is 6.50. The fourth-order valence-electron chi connectivity index (χ4n) is 2.79. The van der Waals surface area contributed by atoms with Crippen LogP contribution < -0.4 is 5.32 Å². The van der Waals surface area contributed by atoms with E-state index in [1.807, 2.05) is 18.2 Å². The van der Waals surface area contributed by atoms with Crippen LogP contribution in [0.1, 0.15) is 38.7 Å². The van der Waals surface area contributed by atoms with Crippen molar-refractivity contribution in [1.29, 1.82) is 0 Å². The SMILES string of the molecule is CC(C)CCN1CCC(C(=O)NCc2ccccc2)CC1. The fraction of sp³-hybridized carbons (Fsp3) is 0.611. The topological polar surface area (TPSA) is 32.3 Å². The van der Waals surface area contributed by atoms with E-state index in [4.69, 9.17) is 0 Å². The van der Waals surface area contributed by atoms with E-state index in [1.165, 1.54) is 18.5 Å². The standard InChI is InChI=1S/C18H28N2O/c1-15(2)8-11-20-12-9-17(10-13-20)18(21)19-14-16-6-4-3-5-7-16/h3-7,15,17H,8-14H2,1-2H3,(H,19,21). The Bertz CT molecular complexity index is 422. The number of hydrogen-bond donors (Lipinski definition) is 1. The van der Waals surface area contributed by atoms with Crippen molar-refractivity contribution in [3.8, 4) is 0 Å². The maximum Gasteiger partial charge on any atom is 0.223 e. The van der Waals surface area contributed by atoms with Gasteiger partial charge >= 0.3 is 0 Å². The number of amides is 1. The molecule has 3 nitrogen and oxygen atoms in total. The molecule has 21 heavy (non-hydrogen) atoms. The fourth-order valence-corrected chi connectivity index (χ4v) is 2.79.